The molecule has 4 nitrogen and oxygen atoms in total. The van der Waals surface area contributed by atoms with Gasteiger partial charge < -0.3 is 15.3 Å². The Labute approximate surface area is 121 Å². The van der Waals surface area contributed by atoms with Crippen LogP contribution >= 0.6 is 0 Å². The molecule has 1 aromatic heterocycles. The normalized spacial score (nSPS) is 10.9. The van der Waals surface area contributed by atoms with Crippen molar-refractivity contribution in [3.8, 4) is 17.1 Å². The number of carbonyl (C=O) groups excluding carboxylic acids is 1. The van der Waals surface area contributed by atoms with Gasteiger partial charge in [-0.15, -0.1) is 0 Å². The number of fused-ring (bicyclic) bond motifs is 1. The lowest BCUT2D eigenvalue weighted by molar-refractivity contribution is 0.100. The largest absolute Gasteiger partial charge is 0.508 e. The summed E-state index contributed by atoms with van der Waals surface area (Å²) in [5, 5.41) is 10.4. The Bertz CT molecular complexity index is 833. The third-order valence-electron chi connectivity index (χ3n) is 3.56. The number of carbonyl (C=O) groups is 1. The predicted molar refractivity (Wildman–Crippen MR) is 81.2 cm³/mol. The molecular weight excluding hydrogens is 266 g/mol. The van der Waals surface area contributed by atoms with Gasteiger partial charge in [-0.2, -0.15) is 0 Å². The maximum absolute atomic E-state index is 11.9. The van der Waals surface area contributed by atoms with Crippen molar-refractivity contribution in [2.45, 2.75) is 13.3 Å². The van der Waals surface area contributed by atoms with E-state index >= 15 is 0 Å². The van der Waals surface area contributed by atoms with Gasteiger partial charge in [-0.3, -0.25) is 4.79 Å². The fraction of sp³-hybridized carbons (Fsp3) is 0.118. The van der Waals surface area contributed by atoms with Crippen LogP contribution in [0.15, 0.2) is 46.9 Å². The molecule has 0 saturated carbocycles. The van der Waals surface area contributed by atoms with Gasteiger partial charge in [-0.1, -0.05) is 31.2 Å². The number of aryl methyl sites for hydroxylation is 1. The lowest BCUT2D eigenvalue weighted by Gasteiger charge is -2.07. The number of phenolic OH excluding ortho intramolecular Hbond substituents is 1. The van der Waals surface area contributed by atoms with Crippen molar-refractivity contribution in [3.05, 3.63) is 53.6 Å². The summed E-state index contributed by atoms with van der Waals surface area (Å²) in [7, 11) is 0. The van der Waals surface area contributed by atoms with Crippen LogP contribution in [0.25, 0.3) is 22.3 Å². The molecule has 21 heavy (non-hydrogen) atoms. The van der Waals surface area contributed by atoms with E-state index in [0.29, 0.717) is 27.9 Å². The number of furan rings is 1. The minimum atomic E-state index is -0.541. The summed E-state index contributed by atoms with van der Waals surface area (Å²) in [6, 6.07) is 12.3. The summed E-state index contributed by atoms with van der Waals surface area (Å²) in [5.41, 5.74) is 8.16. The first kappa shape index (κ1) is 13.2. The third-order valence-corrected chi connectivity index (χ3v) is 3.56. The Morgan fingerprint density at radius 1 is 1.24 bits per heavy atom. The molecule has 2 aromatic carbocycles. The van der Waals surface area contributed by atoms with Crippen LogP contribution in [-0.4, -0.2) is 11.0 Å². The summed E-state index contributed by atoms with van der Waals surface area (Å²) in [4.78, 5) is 11.9. The van der Waals surface area contributed by atoms with Gasteiger partial charge in [0.25, 0.3) is 5.91 Å². The summed E-state index contributed by atoms with van der Waals surface area (Å²) in [6.45, 7) is 2.00. The van der Waals surface area contributed by atoms with E-state index in [0.717, 1.165) is 12.0 Å². The molecule has 0 fully saturated rings. The van der Waals surface area contributed by atoms with E-state index in [1.165, 1.54) is 0 Å². The first-order valence-corrected chi connectivity index (χ1v) is 6.75. The van der Waals surface area contributed by atoms with E-state index in [9.17, 15) is 9.90 Å². The van der Waals surface area contributed by atoms with Crippen LogP contribution in [0.3, 0.4) is 0 Å². The van der Waals surface area contributed by atoms with E-state index < -0.39 is 5.91 Å². The fourth-order valence-electron chi connectivity index (χ4n) is 2.56. The van der Waals surface area contributed by atoms with Crippen LogP contribution < -0.4 is 5.73 Å². The van der Waals surface area contributed by atoms with E-state index in [-0.39, 0.29) is 5.75 Å². The molecule has 3 rings (SSSR count). The van der Waals surface area contributed by atoms with Gasteiger partial charge in [0.15, 0.2) is 0 Å². The molecule has 0 bridgehead atoms. The van der Waals surface area contributed by atoms with Gasteiger partial charge in [0.1, 0.15) is 17.1 Å². The molecule has 0 aliphatic heterocycles. The smallest absolute Gasteiger partial charge is 0.253 e. The molecule has 0 atom stereocenters. The molecule has 4 heteroatoms. The SMILES string of the molecule is CCc1ccc(O)cc1-c1oc2ccccc2c1C(N)=O. The number of primary amides is 1. The minimum Gasteiger partial charge on any atom is -0.508 e. The average Bonchev–Trinajstić information content (AvgIpc) is 2.86. The summed E-state index contributed by atoms with van der Waals surface area (Å²) in [5.74, 6) is -0.00475. The zero-order chi connectivity index (χ0) is 15.0. The van der Waals surface area contributed by atoms with Crippen LogP contribution in [-0.2, 0) is 6.42 Å². The number of aromatic hydroxyl groups is 1. The second kappa shape index (κ2) is 4.98. The monoisotopic (exact) mass is 281 g/mol. The number of amides is 1. The van der Waals surface area contributed by atoms with Gasteiger partial charge in [0.05, 0.1) is 5.56 Å². The van der Waals surface area contributed by atoms with Crippen molar-refractivity contribution in [1.82, 2.24) is 0 Å². The summed E-state index contributed by atoms with van der Waals surface area (Å²) >= 11 is 0. The van der Waals surface area contributed by atoms with Gasteiger partial charge in [-0.05, 0) is 30.2 Å². The number of rotatable bonds is 3. The minimum absolute atomic E-state index is 0.123. The Balaban J connectivity index is 2.37. The topological polar surface area (TPSA) is 76.5 Å². The zero-order valence-corrected chi connectivity index (χ0v) is 11.6. The quantitative estimate of drug-likeness (QED) is 0.771. The molecule has 3 N–H and O–H groups in total. The lowest BCUT2D eigenvalue weighted by Crippen LogP contribution is -2.11. The molecule has 3 aromatic rings. The molecule has 0 saturated heterocycles. The van der Waals surface area contributed by atoms with E-state index in [1.807, 2.05) is 25.1 Å². The van der Waals surface area contributed by atoms with Crippen LogP contribution in [0.1, 0.15) is 22.8 Å². The van der Waals surface area contributed by atoms with Crippen LogP contribution in [0, 0.1) is 0 Å². The number of benzene rings is 2. The highest BCUT2D eigenvalue weighted by atomic mass is 16.3. The van der Waals surface area contributed by atoms with Gasteiger partial charge in [0, 0.05) is 10.9 Å². The van der Waals surface area contributed by atoms with Crippen LogP contribution in [0.4, 0.5) is 0 Å². The van der Waals surface area contributed by atoms with Crippen molar-refractivity contribution < 1.29 is 14.3 Å². The predicted octanol–water partition coefficient (Wildman–Crippen LogP) is 3.47. The molecule has 0 unspecified atom stereocenters. The highest BCUT2D eigenvalue weighted by Gasteiger charge is 2.21. The van der Waals surface area contributed by atoms with Crippen LogP contribution in [0.2, 0.25) is 0 Å². The molecule has 1 heterocycles. The van der Waals surface area contributed by atoms with E-state index in [2.05, 4.69) is 0 Å². The summed E-state index contributed by atoms with van der Waals surface area (Å²) < 4.78 is 5.83. The van der Waals surface area contributed by atoms with Crippen molar-refractivity contribution >= 4 is 16.9 Å². The fourth-order valence-corrected chi connectivity index (χ4v) is 2.56. The molecule has 0 aliphatic rings. The second-order valence-corrected chi connectivity index (χ2v) is 4.86. The van der Waals surface area contributed by atoms with Crippen molar-refractivity contribution in [1.29, 1.82) is 0 Å². The molecule has 1 amide bonds. The number of nitrogens with two attached hydrogens (primary N) is 1. The number of phenols is 1. The Morgan fingerprint density at radius 2 is 2.00 bits per heavy atom. The number of hydrogen-bond acceptors (Lipinski definition) is 3. The van der Waals surface area contributed by atoms with Gasteiger partial charge in [0.2, 0.25) is 0 Å². The van der Waals surface area contributed by atoms with Crippen molar-refractivity contribution in [3.63, 3.8) is 0 Å². The van der Waals surface area contributed by atoms with Crippen molar-refractivity contribution in [2.24, 2.45) is 5.73 Å². The maximum Gasteiger partial charge on any atom is 0.253 e. The molecule has 0 radical (unpaired) electrons. The van der Waals surface area contributed by atoms with Gasteiger partial charge >= 0.3 is 0 Å². The maximum atomic E-state index is 11.9. The first-order valence-electron chi connectivity index (χ1n) is 6.75. The van der Waals surface area contributed by atoms with E-state index in [4.69, 9.17) is 10.2 Å². The van der Waals surface area contributed by atoms with Crippen molar-refractivity contribution in [2.75, 3.05) is 0 Å². The molecule has 106 valence electrons. The number of hydrogen-bond donors (Lipinski definition) is 2. The third kappa shape index (κ3) is 2.14. The highest BCUT2D eigenvalue weighted by Crippen LogP contribution is 2.36. The first-order chi connectivity index (χ1) is 10.1. The lowest BCUT2D eigenvalue weighted by atomic mass is 9.98. The Hall–Kier alpha value is -2.75. The van der Waals surface area contributed by atoms with E-state index in [1.54, 1.807) is 24.3 Å². The summed E-state index contributed by atoms with van der Waals surface area (Å²) in [6.07, 6.45) is 0.755. The van der Waals surface area contributed by atoms with Gasteiger partial charge in [-0.25, -0.2) is 0 Å². The standard InChI is InChI=1S/C17H15NO3/c1-2-10-7-8-11(19)9-13(10)16-15(17(18)20)12-5-3-4-6-14(12)21-16/h3-9,19H,2H2,1H3,(H2,18,20). The highest BCUT2D eigenvalue weighted by molar-refractivity contribution is 6.10. The molecule has 0 spiro atoms. The molecule has 0 aliphatic carbocycles. The second-order valence-electron chi connectivity index (χ2n) is 4.86. The zero-order valence-electron chi connectivity index (χ0n) is 11.6. The number of para-hydroxylation sites is 1. The average molecular weight is 281 g/mol. The van der Waals surface area contributed by atoms with Crippen LogP contribution in [0.5, 0.6) is 5.75 Å². The Morgan fingerprint density at radius 3 is 2.71 bits per heavy atom. The molecular formula is C17H15NO3. The Kier molecular flexibility index (Phi) is 3.14.